The number of nitrogens with zero attached hydrogens (tertiary/aromatic N) is 1. The quantitative estimate of drug-likeness (QED) is 0.0272. The Morgan fingerprint density at radius 1 is 0.537 bits per heavy atom. The second-order valence-electron chi connectivity index (χ2n) is 19.9. The molecule has 67 heavy (non-hydrogen) atoms. The number of phosphoric acid groups is 1. The van der Waals surface area contributed by atoms with Crippen molar-refractivity contribution < 1.29 is 32.9 Å². The highest BCUT2D eigenvalue weighted by atomic mass is 31.2. The van der Waals surface area contributed by atoms with Crippen LogP contribution in [0.15, 0.2) is 72.9 Å². The number of unbranched alkanes of at least 4 members (excludes halogenated alkanes) is 27. The van der Waals surface area contributed by atoms with Gasteiger partial charge in [0.05, 0.1) is 39.9 Å². The van der Waals surface area contributed by atoms with Gasteiger partial charge in [0.1, 0.15) is 13.2 Å². The fourth-order valence-electron chi connectivity index (χ4n) is 7.83. The lowest BCUT2D eigenvalue weighted by atomic mass is 10.0. The molecule has 0 aromatic rings. The molecule has 0 radical (unpaired) electrons. The summed E-state index contributed by atoms with van der Waals surface area (Å²) < 4.78 is 23.1. The SMILES string of the molecule is CC/C=C\C/C=C\C/C=C\C/C=C\C/C=C\CCCCCCCCCCCCCCCCCCCCCCCCCC(=O)NC(COP(=O)([O-])OCC[N+](C)(C)C)C(O)/C=C/CCCCCC. The largest absolute Gasteiger partial charge is 0.756 e. The number of hydrogen-bond donors (Lipinski definition) is 2. The Labute approximate surface area is 414 Å². The van der Waals surface area contributed by atoms with E-state index in [1.165, 1.54) is 141 Å². The van der Waals surface area contributed by atoms with E-state index in [2.05, 4.69) is 79.9 Å². The number of quaternary nitrogens is 1. The van der Waals surface area contributed by atoms with Crippen LogP contribution in [0.5, 0.6) is 0 Å². The molecule has 1 amide bonds. The Kier molecular flexibility index (Phi) is 47.4. The van der Waals surface area contributed by atoms with Crippen molar-refractivity contribution in [1.29, 1.82) is 0 Å². The highest BCUT2D eigenvalue weighted by Gasteiger charge is 2.23. The summed E-state index contributed by atoms with van der Waals surface area (Å²) >= 11 is 0. The lowest BCUT2D eigenvalue weighted by Gasteiger charge is -2.29. The maximum Gasteiger partial charge on any atom is 0.268 e. The van der Waals surface area contributed by atoms with Gasteiger partial charge in [-0.25, -0.2) is 0 Å². The Morgan fingerprint density at radius 3 is 1.33 bits per heavy atom. The molecule has 0 saturated carbocycles. The molecule has 8 nitrogen and oxygen atoms in total. The number of rotatable bonds is 50. The molecule has 3 unspecified atom stereocenters. The van der Waals surface area contributed by atoms with Gasteiger partial charge in [-0.15, -0.1) is 0 Å². The normalized spacial score (nSPS) is 14.6. The van der Waals surface area contributed by atoms with Gasteiger partial charge < -0.3 is 28.8 Å². The minimum Gasteiger partial charge on any atom is -0.756 e. The molecular weight excluding hydrogens is 852 g/mol. The zero-order valence-electron chi connectivity index (χ0n) is 44.3. The van der Waals surface area contributed by atoms with E-state index in [0.717, 1.165) is 77.0 Å². The third-order valence-electron chi connectivity index (χ3n) is 12.2. The third-order valence-corrected chi connectivity index (χ3v) is 13.1. The number of allylic oxidation sites excluding steroid dienone is 11. The summed E-state index contributed by atoms with van der Waals surface area (Å²) in [5.41, 5.74) is 0. The van der Waals surface area contributed by atoms with Crippen LogP contribution >= 0.6 is 7.82 Å². The van der Waals surface area contributed by atoms with Crippen LogP contribution in [0.4, 0.5) is 0 Å². The van der Waals surface area contributed by atoms with Crippen LogP contribution < -0.4 is 10.2 Å². The minimum atomic E-state index is -4.58. The van der Waals surface area contributed by atoms with Gasteiger partial charge >= 0.3 is 0 Å². The lowest BCUT2D eigenvalue weighted by Crippen LogP contribution is -2.45. The number of likely N-dealkylation sites (N-methyl/N-ethyl adjacent to an activating group) is 1. The molecule has 390 valence electrons. The fourth-order valence-corrected chi connectivity index (χ4v) is 8.55. The van der Waals surface area contributed by atoms with Crippen molar-refractivity contribution in [3.63, 3.8) is 0 Å². The van der Waals surface area contributed by atoms with Crippen molar-refractivity contribution in [1.82, 2.24) is 5.32 Å². The zero-order valence-corrected chi connectivity index (χ0v) is 45.2. The van der Waals surface area contributed by atoms with Gasteiger partial charge in [0.25, 0.3) is 7.82 Å². The van der Waals surface area contributed by atoms with Crippen molar-refractivity contribution in [2.45, 2.75) is 251 Å². The molecule has 0 saturated heterocycles. The van der Waals surface area contributed by atoms with Crippen LogP contribution in [0.3, 0.4) is 0 Å². The number of nitrogens with one attached hydrogen (secondary N) is 1. The van der Waals surface area contributed by atoms with Crippen molar-refractivity contribution in [2.24, 2.45) is 0 Å². The first-order valence-electron chi connectivity index (χ1n) is 27.8. The van der Waals surface area contributed by atoms with E-state index in [4.69, 9.17) is 9.05 Å². The summed E-state index contributed by atoms with van der Waals surface area (Å²) in [6, 6.07) is -0.883. The van der Waals surface area contributed by atoms with Gasteiger partial charge in [0, 0.05) is 6.42 Å². The molecule has 3 atom stereocenters. The molecule has 0 aliphatic carbocycles. The Hall–Kier alpha value is -2.06. The zero-order chi connectivity index (χ0) is 49.2. The Bertz CT molecular complexity index is 1320. The standard InChI is InChI=1S/C58H107N2O6P/c1-6-8-10-12-14-15-16-17-18-19-20-21-22-23-24-25-26-27-28-29-30-31-32-33-34-35-36-37-38-39-40-41-42-43-44-45-46-48-50-52-58(62)59-56(57(61)51-49-47-13-11-9-7-2)55-66-67(63,64)65-54-53-60(3,4)5/h8,10,14-15,17-18,20-21,23-24,49,51,56-57,61H,6-7,9,11-13,16,19,22,25-48,50,52-55H2,1-5H3,(H-,59,62,63,64)/b10-8-,15-14-,18-17-,21-20-,24-23-,51-49+. The molecular formula is C58H107N2O6P. The van der Waals surface area contributed by atoms with Crippen molar-refractivity contribution >= 4 is 13.7 Å². The summed E-state index contributed by atoms with van der Waals surface area (Å²) in [5.74, 6) is -0.202. The summed E-state index contributed by atoms with van der Waals surface area (Å²) in [4.78, 5) is 25.2. The van der Waals surface area contributed by atoms with E-state index in [0.29, 0.717) is 17.4 Å². The molecule has 0 aliphatic rings. The van der Waals surface area contributed by atoms with Crippen molar-refractivity contribution in [3.8, 4) is 0 Å². The smallest absolute Gasteiger partial charge is 0.268 e. The predicted octanol–water partition coefficient (Wildman–Crippen LogP) is 16.1. The van der Waals surface area contributed by atoms with E-state index < -0.39 is 20.0 Å². The van der Waals surface area contributed by atoms with Gasteiger partial charge in [-0.2, -0.15) is 0 Å². The molecule has 0 aromatic heterocycles. The van der Waals surface area contributed by atoms with Crippen LogP contribution in [-0.4, -0.2) is 68.5 Å². The molecule has 0 fully saturated rings. The van der Waals surface area contributed by atoms with Gasteiger partial charge in [-0.05, 0) is 64.2 Å². The summed E-state index contributed by atoms with van der Waals surface area (Å²) in [5, 5.41) is 13.6. The Morgan fingerprint density at radius 2 is 0.910 bits per heavy atom. The van der Waals surface area contributed by atoms with E-state index >= 15 is 0 Å². The minimum absolute atomic E-state index is 0.00185. The second-order valence-corrected chi connectivity index (χ2v) is 21.3. The maximum atomic E-state index is 12.8. The number of aliphatic hydroxyl groups excluding tert-OH is 1. The van der Waals surface area contributed by atoms with E-state index in [1.807, 2.05) is 27.2 Å². The number of amides is 1. The molecule has 0 spiro atoms. The average Bonchev–Trinajstić information content (AvgIpc) is 3.29. The van der Waals surface area contributed by atoms with Gasteiger partial charge in [0.15, 0.2) is 0 Å². The first-order valence-corrected chi connectivity index (χ1v) is 29.3. The molecule has 0 heterocycles. The highest BCUT2D eigenvalue weighted by Crippen LogP contribution is 2.38. The second kappa shape index (κ2) is 48.9. The molecule has 0 bridgehead atoms. The third kappa shape index (κ3) is 51.6. The van der Waals surface area contributed by atoms with E-state index in [1.54, 1.807) is 6.08 Å². The van der Waals surface area contributed by atoms with Crippen molar-refractivity contribution in [3.05, 3.63) is 72.9 Å². The predicted molar refractivity (Wildman–Crippen MR) is 288 cm³/mol. The van der Waals surface area contributed by atoms with Crippen LogP contribution in [0.25, 0.3) is 0 Å². The van der Waals surface area contributed by atoms with Crippen molar-refractivity contribution in [2.75, 3.05) is 40.9 Å². The molecule has 9 heteroatoms. The van der Waals surface area contributed by atoms with Gasteiger partial charge in [-0.1, -0.05) is 241 Å². The molecule has 0 aromatic carbocycles. The van der Waals surface area contributed by atoms with E-state index in [9.17, 15) is 19.4 Å². The number of carbonyl (C=O) groups is 1. The number of aliphatic hydroxyl groups is 1. The Balaban J connectivity index is 3.75. The topological polar surface area (TPSA) is 108 Å². The lowest BCUT2D eigenvalue weighted by molar-refractivity contribution is -0.870. The monoisotopic (exact) mass is 959 g/mol. The first kappa shape index (κ1) is 64.9. The van der Waals surface area contributed by atoms with Gasteiger partial charge in [-0.3, -0.25) is 9.36 Å². The fraction of sp³-hybridized carbons (Fsp3) is 0.776. The molecule has 2 N–H and O–H groups in total. The summed E-state index contributed by atoms with van der Waals surface area (Å²) in [6.45, 7) is 4.45. The van der Waals surface area contributed by atoms with Crippen LogP contribution in [0.1, 0.15) is 239 Å². The number of carbonyl (C=O) groups excluding carboxylic acids is 1. The maximum absolute atomic E-state index is 12.8. The summed E-state index contributed by atoms with van der Waals surface area (Å²) in [6.07, 6.45) is 67.6. The molecule has 0 aliphatic heterocycles. The first-order chi connectivity index (χ1) is 32.5. The van der Waals surface area contributed by atoms with Crippen LogP contribution in [0, 0.1) is 0 Å². The van der Waals surface area contributed by atoms with E-state index in [-0.39, 0.29) is 19.1 Å². The van der Waals surface area contributed by atoms with Crippen LogP contribution in [0.2, 0.25) is 0 Å². The van der Waals surface area contributed by atoms with Crippen LogP contribution in [-0.2, 0) is 18.4 Å². The number of phosphoric ester groups is 1. The average molecular weight is 959 g/mol. The number of hydrogen-bond acceptors (Lipinski definition) is 6. The summed E-state index contributed by atoms with van der Waals surface area (Å²) in [7, 11) is 1.26. The molecule has 0 rings (SSSR count). The van der Waals surface area contributed by atoms with Gasteiger partial charge in [0.2, 0.25) is 5.91 Å². The highest BCUT2D eigenvalue weighted by molar-refractivity contribution is 7.45.